The number of aromatic nitrogens is 4. The van der Waals surface area contributed by atoms with Gasteiger partial charge in [0.25, 0.3) is 0 Å². The number of fused-ring (bicyclic) bond motifs is 6. The highest BCUT2D eigenvalue weighted by Gasteiger charge is 2.38. The van der Waals surface area contributed by atoms with Gasteiger partial charge in [-0.1, -0.05) is 200 Å². The Morgan fingerprint density at radius 1 is 0.302 bits per heavy atom. The Morgan fingerprint density at radius 3 is 1.19 bits per heavy atom. The summed E-state index contributed by atoms with van der Waals surface area (Å²) in [5, 5.41) is 4.84. The van der Waals surface area contributed by atoms with Crippen LogP contribution >= 0.6 is 0 Å². The SMILES string of the molecule is c1ccc(C(c2ccccc2)(c2ccccc2)c2ccc(-c3nc(-c4cccc(-n5c6ccccc6c6ccccc65)c4)cc(-n4c5ccccc5c5ccccc54)n3)cc2)cc1. The molecule has 12 aromatic rings. The average Bonchev–Trinajstić information content (AvgIpc) is 3.89. The molecule has 0 fully saturated rings. The Kier molecular flexibility index (Phi) is 8.68. The van der Waals surface area contributed by atoms with Crippen molar-refractivity contribution in [3.05, 3.63) is 265 Å². The van der Waals surface area contributed by atoms with E-state index in [1.807, 2.05) is 0 Å². The van der Waals surface area contributed by atoms with E-state index in [2.05, 4.69) is 252 Å². The van der Waals surface area contributed by atoms with E-state index in [9.17, 15) is 0 Å². The van der Waals surface area contributed by atoms with E-state index < -0.39 is 5.41 Å². The number of para-hydroxylation sites is 4. The molecule has 0 amide bonds. The molecule has 0 saturated heterocycles. The standard InChI is InChI=1S/C59H40N4/c1-4-20-43(21-5-1)59(44-22-6-2-7-23-44,45-24-8-3-9-25-45)46-37-35-41(36-38-46)58-60-52(40-57(61-58)63-55-33-16-12-29-50(55)51-30-13-17-34-56(51)63)42-19-18-26-47(39-42)62-53-31-14-10-27-48(53)49-28-11-15-32-54(49)62/h1-40H. The van der Waals surface area contributed by atoms with E-state index in [0.717, 1.165) is 44.9 Å². The van der Waals surface area contributed by atoms with Crippen LogP contribution in [0.3, 0.4) is 0 Å². The molecule has 0 bridgehead atoms. The predicted molar refractivity (Wildman–Crippen MR) is 260 cm³/mol. The van der Waals surface area contributed by atoms with Gasteiger partial charge in [-0.05, 0) is 58.7 Å². The molecule has 0 N–H and O–H groups in total. The molecule has 0 aliphatic heterocycles. The molecule has 0 radical (unpaired) electrons. The third-order valence-corrected chi connectivity index (χ3v) is 12.7. The van der Waals surface area contributed by atoms with Crippen LogP contribution in [-0.4, -0.2) is 19.1 Å². The molecule has 4 nitrogen and oxygen atoms in total. The van der Waals surface area contributed by atoms with Crippen molar-refractivity contribution in [3.63, 3.8) is 0 Å². The van der Waals surface area contributed by atoms with Crippen molar-refractivity contribution in [3.8, 4) is 34.2 Å². The Morgan fingerprint density at radius 2 is 0.714 bits per heavy atom. The zero-order valence-electron chi connectivity index (χ0n) is 34.4. The van der Waals surface area contributed by atoms with Crippen molar-refractivity contribution in [1.82, 2.24) is 19.1 Å². The van der Waals surface area contributed by atoms with Crippen LogP contribution in [0.2, 0.25) is 0 Å². The maximum Gasteiger partial charge on any atom is 0.162 e. The van der Waals surface area contributed by atoms with Gasteiger partial charge in [0.1, 0.15) is 5.82 Å². The molecule has 0 unspecified atom stereocenters. The summed E-state index contributed by atoms with van der Waals surface area (Å²) in [5.74, 6) is 1.47. The van der Waals surface area contributed by atoms with Crippen molar-refractivity contribution in [2.45, 2.75) is 5.41 Å². The Hall–Kier alpha value is -8.34. The third-order valence-electron chi connectivity index (χ3n) is 12.7. The fourth-order valence-electron chi connectivity index (χ4n) is 9.93. The van der Waals surface area contributed by atoms with Crippen LogP contribution in [0.1, 0.15) is 22.3 Å². The van der Waals surface area contributed by atoms with Gasteiger partial charge in [-0.15, -0.1) is 0 Å². The third kappa shape index (κ3) is 5.91. The van der Waals surface area contributed by atoms with E-state index in [0.29, 0.717) is 5.82 Å². The lowest BCUT2D eigenvalue weighted by Crippen LogP contribution is -2.30. The van der Waals surface area contributed by atoms with Crippen LogP contribution in [0.15, 0.2) is 243 Å². The van der Waals surface area contributed by atoms with Crippen LogP contribution in [0, 0.1) is 0 Å². The number of hydrogen-bond donors (Lipinski definition) is 0. The molecule has 12 rings (SSSR count). The Bertz CT molecular complexity index is 3400. The minimum absolute atomic E-state index is 0.563. The smallest absolute Gasteiger partial charge is 0.162 e. The molecule has 0 saturated carbocycles. The topological polar surface area (TPSA) is 35.6 Å². The van der Waals surface area contributed by atoms with Gasteiger partial charge in [-0.2, -0.15) is 0 Å². The highest BCUT2D eigenvalue weighted by Crippen LogP contribution is 2.45. The summed E-state index contributed by atoms with van der Waals surface area (Å²) in [6.45, 7) is 0. The van der Waals surface area contributed by atoms with Gasteiger partial charge in [-0.25, -0.2) is 9.97 Å². The predicted octanol–water partition coefficient (Wildman–Crippen LogP) is 14.4. The van der Waals surface area contributed by atoms with Gasteiger partial charge in [0, 0.05) is 44.4 Å². The van der Waals surface area contributed by atoms with Crippen LogP contribution in [0.25, 0.3) is 77.8 Å². The summed E-state index contributed by atoms with van der Waals surface area (Å²) < 4.78 is 4.65. The molecule has 0 atom stereocenters. The van der Waals surface area contributed by atoms with Crippen LogP contribution in [-0.2, 0) is 5.41 Å². The first-order valence-electron chi connectivity index (χ1n) is 21.5. The fourth-order valence-corrected chi connectivity index (χ4v) is 9.93. The molecule has 0 aliphatic rings. The fraction of sp³-hybridized carbons (Fsp3) is 0.0169. The number of rotatable bonds is 8. The molecule has 3 aromatic heterocycles. The van der Waals surface area contributed by atoms with Crippen LogP contribution < -0.4 is 0 Å². The lowest BCUT2D eigenvalue weighted by Gasteiger charge is -2.37. The highest BCUT2D eigenvalue weighted by molar-refractivity contribution is 6.10. The lowest BCUT2D eigenvalue weighted by molar-refractivity contribution is 0.745. The van der Waals surface area contributed by atoms with E-state index in [1.165, 1.54) is 49.3 Å². The van der Waals surface area contributed by atoms with Gasteiger partial charge >= 0.3 is 0 Å². The maximum absolute atomic E-state index is 5.44. The summed E-state index contributed by atoms with van der Waals surface area (Å²) >= 11 is 0. The highest BCUT2D eigenvalue weighted by atomic mass is 15.1. The number of nitrogens with zero attached hydrogens (tertiary/aromatic N) is 4. The molecule has 3 heterocycles. The zero-order valence-corrected chi connectivity index (χ0v) is 34.4. The van der Waals surface area contributed by atoms with Gasteiger partial charge in [-0.3, -0.25) is 4.57 Å². The minimum Gasteiger partial charge on any atom is -0.309 e. The second kappa shape index (κ2) is 15.0. The summed E-state index contributed by atoms with van der Waals surface area (Å²) in [4.78, 5) is 10.9. The molecular weight excluding hydrogens is 765 g/mol. The zero-order chi connectivity index (χ0) is 41.7. The molecular formula is C59H40N4. The molecule has 9 aromatic carbocycles. The second-order valence-corrected chi connectivity index (χ2v) is 16.2. The molecule has 4 heteroatoms. The van der Waals surface area contributed by atoms with Crippen LogP contribution in [0.4, 0.5) is 0 Å². The summed E-state index contributed by atoms with van der Waals surface area (Å²) in [5.41, 5.74) is 12.6. The van der Waals surface area contributed by atoms with Crippen molar-refractivity contribution < 1.29 is 0 Å². The number of hydrogen-bond acceptors (Lipinski definition) is 2. The van der Waals surface area contributed by atoms with Gasteiger partial charge < -0.3 is 4.57 Å². The molecule has 0 spiro atoms. The molecule has 296 valence electrons. The lowest BCUT2D eigenvalue weighted by atomic mass is 9.65. The second-order valence-electron chi connectivity index (χ2n) is 16.2. The van der Waals surface area contributed by atoms with E-state index >= 15 is 0 Å². The first kappa shape index (κ1) is 36.5. The monoisotopic (exact) mass is 804 g/mol. The summed E-state index contributed by atoms with van der Waals surface area (Å²) in [6, 6.07) is 86.8. The van der Waals surface area contributed by atoms with Crippen molar-refractivity contribution in [2.75, 3.05) is 0 Å². The van der Waals surface area contributed by atoms with Gasteiger partial charge in [0.05, 0.1) is 33.2 Å². The van der Waals surface area contributed by atoms with Gasteiger partial charge in [0.2, 0.25) is 0 Å². The minimum atomic E-state index is -0.563. The van der Waals surface area contributed by atoms with Crippen molar-refractivity contribution in [1.29, 1.82) is 0 Å². The Balaban J connectivity index is 1.07. The quantitative estimate of drug-likeness (QED) is 0.143. The van der Waals surface area contributed by atoms with E-state index in [1.54, 1.807) is 0 Å². The first-order valence-corrected chi connectivity index (χ1v) is 21.5. The molecule has 63 heavy (non-hydrogen) atoms. The normalized spacial score (nSPS) is 11.8. The van der Waals surface area contributed by atoms with E-state index in [-0.39, 0.29) is 0 Å². The maximum atomic E-state index is 5.44. The summed E-state index contributed by atoms with van der Waals surface area (Å²) in [6.07, 6.45) is 0. The Labute approximate surface area is 365 Å². The van der Waals surface area contributed by atoms with E-state index in [4.69, 9.17) is 9.97 Å². The largest absolute Gasteiger partial charge is 0.309 e. The summed E-state index contributed by atoms with van der Waals surface area (Å²) in [7, 11) is 0. The average molecular weight is 805 g/mol. The van der Waals surface area contributed by atoms with Crippen molar-refractivity contribution in [2.24, 2.45) is 0 Å². The van der Waals surface area contributed by atoms with Gasteiger partial charge in [0.15, 0.2) is 5.82 Å². The number of benzene rings is 9. The van der Waals surface area contributed by atoms with Crippen molar-refractivity contribution >= 4 is 43.6 Å². The molecule has 0 aliphatic carbocycles. The van der Waals surface area contributed by atoms with Crippen LogP contribution in [0.5, 0.6) is 0 Å². The first-order chi connectivity index (χ1) is 31.3.